The largest absolute Gasteiger partial charge is 0.369 e. The first-order valence-corrected chi connectivity index (χ1v) is 6.74. The molecular formula is C13H20ClN5O2. The van der Waals surface area contributed by atoms with E-state index >= 15 is 0 Å². The fourth-order valence-electron chi connectivity index (χ4n) is 1.93. The van der Waals surface area contributed by atoms with E-state index in [2.05, 4.69) is 10.3 Å². The van der Waals surface area contributed by atoms with Crippen molar-refractivity contribution in [2.24, 2.45) is 0 Å². The fourth-order valence-corrected chi connectivity index (χ4v) is 2.04. The zero-order valence-electron chi connectivity index (χ0n) is 12.6. The molecule has 0 atom stereocenters. The molecule has 0 fully saturated rings. The average molecular weight is 314 g/mol. The zero-order chi connectivity index (χ0) is 16.0. The average Bonchev–Trinajstić information content (AvgIpc) is 2.40. The third kappa shape index (κ3) is 5.20. The first-order chi connectivity index (χ1) is 9.85. The van der Waals surface area contributed by atoms with E-state index in [1.807, 2.05) is 6.07 Å². The van der Waals surface area contributed by atoms with Gasteiger partial charge < -0.3 is 10.2 Å². The van der Waals surface area contributed by atoms with Gasteiger partial charge in [-0.05, 0) is 25.7 Å². The molecular weight excluding hydrogens is 294 g/mol. The summed E-state index contributed by atoms with van der Waals surface area (Å²) in [5.74, 6) is 0.476. The Morgan fingerprint density at radius 2 is 2.10 bits per heavy atom. The third-order valence-electron chi connectivity index (χ3n) is 2.79. The number of hydrogen-bond donors (Lipinski definition) is 1. The Labute approximate surface area is 129 Å². The summed E-state index contributed by atoms with van der Waals surface area (Å²) in [5, 5.41) is 14.6. The quantitative estimate of drug-likeness (QED) is 0.466. The van der Waals surface area contributed by atoms with Crippen molar-refractivity contribution in [1.82, 2.24) is 20.1 Å². The van der Waals surface area contributed by atoms with Gasteiger partial charge in [-0.2, -0.15) is 0 Å². The molecule has 21 heavy (non-hydrogen) atoms. The molecule has 116 valence electrons. The number of nitrogens with zero attached hydrogens (tertiary/aromatic N) is 4. The number of likely N-dealkylation sites (N-methyl/N-ethyl adjacent to an activating group) is 1. The van der Waals surface area contributed by atoms with Crippen molar-refractivity contribution >= 4 is 11.6 Å². The molecule has 0 unspecified atom stereocenters. The summed E-state index contributed by atoms with van der Waals surface area (Å²) >= 11 is 5.75. The molecule has 0 radical (unpaired) electrons. The minimum atomic E-state index is -0.359. The molecule has 0 aliphatic carbocycles. The van der Waals surface area contributed by atoms with Crippen molar-refractivity contribution < 1.29 is 4.92 Å². The van der Waals surface area contributed by atoms with Gasteiger partial charge in [0.2, 0.25) is 0 Å². The topological polar surface area (TPSA) is 74.5 Å². The fraction of sp³-hybridized carbons (Fsp3) is 0.462. The van der Waals surface area contributed by atoms with Gasteiger partial charge in [-0.15, -0.1) is 0 Å². The van der Waals surface area contributed by atoms with Gasteiger partial charge in [-0.1, -0.05) is 17.7 Å². The molecule has 8 heteroatoms. The summed E-state index contributed by atoms with van der Waals surface area (Å²) in [4.78, 5) is 18.4. The highest BCUT2D eigenvalue weighted by atomic mass is 35.5. The molecule has 0 aliphatic heterocycles. The monoisotopic (exact) mass is 313 g/mol. The second-order valence-electron chi connectivity index (χ2n) is 4.89. The summed E-state index contributed by atoms with van der Waals surface area (Å²) in [6.07, 6.45) is 1.66. The van der Waals surface area contributed by atoms with Gasteiger partial charge in [0.15, 0.2) is 5.82 Å². The van der Waals surface area contributed by atoms with E-state index in [0.717, 1.165) is 5.56 Å². The summed E-state index contributed by atoms with van der Waals surface area (Å²) in [6.45, 7) is 0.734. The molecule has 0 aliphatic rings. The lowest BCUT2D eigenvalue weighted by Crippen LogP contribution is -2.32. The van der Waals surface area contributed by atoms with Crippen LogP contribution >= 0.6 is 11.6 Å². The van der Waals surface area contributed by atoms with Crippen LogP contribution in [0.4, 0.5) is 0 Å². The van der Waals surface area contributed by atoms with Crippen LogP contribution in [0.1, 0.15) is 5.56 Å². The molecule has 0 amide bonds. The number of hydrogen-bond acceptors (Lipinski definition) is 6. The molecule has 0 saturated heterocycles. The lowest BCUT2D eigenvalue weighted by Gasteiger charge is -2.23. The van der Waals surface area contributed by atoms with Crippen LogP contribution in [0.5, 0.6) is 0 Å². The maximum atomic E-state index is 11.3. The van der Waals surface area contributed by atoms with Crippen LogP contribution in [0, 0.1) is 10.1 Å². The zero-order valence-corrected chi connectivity index (χ0v) is 13.4. The van der Waals surface area contributed by atoms with Crippen LogP contribution in [-0.4, -0.2) is 54.4 Å². The minimum Gasteiger partial charge on any atom is -0.369 e. The predicted molar refractivity (Wildman–Crippen MR) is 82.3 cm³/mol. The molecule has 0 aromatic carbocycles. The van der Waals surface area contributed by atoms with Crippen LogP contribution in [0.15, 0.2) is 29.8 Å². The third-order valence-corrected chi connectivity index (χ3v) is 3.01. The van der Waals surface area contributed by atoms with Gasteiger partial charge >= 0.3 is 0 Å². The van der Waals surface area contributed by atoms with E-state index in [0.29, 0.717) is 17.5 Å². The van der Waals surface area contributed by atoms with E-state index in [9.17, 15) is 10.1 Å². The van der Waals surface area contributed by atoms with Crippen molar-refractivity contribution in [3.63, 3.8) is 0 Å². The Morgan fingerprint density at radius 3 is 2.52 bits per heavy atom. The Balaban J connectivity index is 2.99. The van der Waals surface area contributed by atoms with Gasteiger partial charge in [0.25, 0.3) is 5.70 Å². The summed E-state index contributed by atoms with van der Waals surface area (Å²) in [6, 6.07) is 3.54. The maximum absolute atomic E-state index is 11.3. The van der Waals surface area contributed by atoms with Crippen LogP contribution < -0.4 is 5.32 Å². The van der Waals surface area contributed by atoms with E-state index < -0.39 is 0 Å². The van der Waals surface area contributed by atoms with Crippen LogP contribution in [0.25, 0.3) is 0 Å². The molecule has 1 heterocycles. The van der Waals surface area contributed by atoms with Gasteiger partial charge in [0.05, 0.1) is 11.5 Å². The number of halogens is 1. The number of nitrogens with one attached hydrogen (secondary N) is 1. The first-order valence-electron chi connectivity index (χ1n) is 6.36. The van der Waals surface area contributed by atoms with Crippen LogP contribution in [-0.2, 0) is 6.54 Å². The summed E-state index contributed by atoms with van der Waals surface area (Å²) in [5.41, 5.74) is 1.04. The molecule has 0 saturated carbocycles. The number of nitro groups is 1. The van der Waals surface area contributed by atoms with Crippen molar-refractivity contribution in [1.29, 1.82) is 0 Å². The van der Waals surface area contributed by atoms with E-state index in [1.54, 1.807) is 50.3 Å². The Kier molecular flexibility index (Phi) is 6.39. The van der Waals surface area contributed by atoms with Crippen molar-refractivity contribution in [3.05, 3.63) is 50.7 Å². The smallest absolute Gasteiger partial charge is 0.299 e. The highest BCUT2D eigenvalue weighted by Crippen LogP contribution is 2.13. The van der Waals surface area contributed by atoms with Crippen molar-refractivity contribution in [2.75, 3.05) is 34.7 Å². The predicted octanol–water partition coefficient (Wildman–Crippen LogP) is 1.39. The van der Waals surface area contributed by atoms with E-state index in [4.69, 9.17) is 11.6 Å². The van der Waals surface area contributed by atoms with Crippen LogP contribution in [0.2, 0.25) is 5.15 Å². The van der Waals surface area contributed by atoms with Crippen molar-refractivity contribution in [3.8, 4) is 0 Å². The lowest BCUT2D eigenvalue weighted by molar-refractivity contribution is -0.430. The van der Waals surface area contributed by atoms with Crippen LogP contribution in [0.3, 0.4) is 0 Å². The number of aromatic nitrogens is 1. The molecule has 1 aromatic rings. The normalized spacial score (nSPS) is 12.1. The van der Waals surface area contributed by atoms with Gasteiger partial charge in [-0.25, -0.2) is 4.98 Å². The molecule has 1 aromatic heterocycles. The van der Waals surface area contributed by atoms with E-state index in [-0.39, 0.29) is 17.2 Å². The van der Waals surface area contributed by atoms with E-state index in [1.165, 1.54) is 0 Å². The minimum absolute atomic E-state index is 0.118. The standard InChI is InChI=1S/C13H20ClN5O2/c1-15-13(11(19(20)21)9-17(2)3)18(4)8-10-5-6-12(14)16-7-10/h5-7,15H,8-9H2,1-4H3. The van der Waals surface area contributed by atoms with Crippen molar-refractivity contribution in [2.45, 2.75) is 6.54 Å². The number of pyridine rings is 1. The van der Waals surface area contributed by atoms with Gasteiger partial charge in [0.1, 0.15) is 5.15 Å². The Hall–Kier alpha value is -1.86. The molecule has 1 N–H and O–H groups in total. The maximum Gasteiger partial charge on any atom is 0.299 e. The highest BCUT2D eigenvalue weighted by Gasteiger charge is 2.22. The molecule has 0 spiro atoms. The molecule has 7 nitrogen and oxygen atoms in total. The Morgan fingerprint density at radius 1 is 1.43 bits per heavy atom. The second-order valence-corrected chi connectivity index (χ2v) is 5.27. The second kappa shape index (κ2) is 7.80. The molecule has 1 rings (SSSR count). The molecule has 0 bridgehead atoms. The summed E-state index contributed by atoms with van der Waals surface area (Å²) < 4.78 is 0. The first kappa shape index (κ1) is 17.2. The Bertz CT molecular complexity index is 516. The highest BCUT2D eigenvalue weighted by molar-refractivity contribution is 6.29. The summed E-state index contributed by atoms with van der Waals surface area (Å²) in [7, 11) is 7.05. The van der Waals surface area contributed by atoms with Gasteiger partial charge in [-0.3, -0.25) is 15.0 Å². The number of rotatable bonds is 7. The van der Waals surface area contributed by atoms with Gasteiger partial charge in [0, 0.05) is 26.8 Å². The SMILES string of the molecule is CNC(=C(CN(C)C)[N+](=O)[O-])N(C)Cc1ccc(Cl)nc1. The lowest BCUT2D eigenvalue weighted by atomic mass is 10.2.